The van der Waals surface area contributed by atoms with Crippen molar-refractivity contribution in [3.8, 4) is 11.8 Å². The van der Waals surface area contributed by atoms with Crippen molar-refractivity contribution in [2.24, 2.45) is 0 Å². The van der Waals surface area contributed by atoms with Gasteiger partial charge in [0.25, 0.3) is 11.8 Å². The highest BCUT2D eigenvalue weighted by Crippen LogP contribution is 2.24. The van der Waals surface area contributed by atoms with Crippen molar-refractivity contribution < 1.29 is 14.3 Å². The molecule has 1 amide bonds. The molecule has 1 aliphatic heterocycles. The number of piperidine rings is 1. The molecule has 2 aromatic heterocycles. The lowest BCUT2D eigenvalue weighted by Gasteiger charge is -2.32. The Hall–Kier alpha value is -3.09. The van der Waals surface area contributed by atoms with Gasteiger partial charge in [-0.05, 0) is 24.5 Å². The molecular weight excluding hydrogens is 344 g/mol. The van der Waals surface area contributed by atoms with Crippen LogP contribution in [0, 0.1) is 0 Å². The van der Waals surface area contributed by atoms with E-state index in [1.807, 2.05) is 35.4 Å². The standard InChI is InChI=1S/C20H22N4O3/c1-26-19-20(22-9-8-21-19)27-15-5-4-10-24(13-15)18(25)11-14-12-23-17-7-3-2-6-16(14)17/h2-3,6-9,12,15,23H,4-5,10-11,13H2,1H3. The van der Waals surface area contributed by atoms with E-state index in [-0.39, 0.29) is 12.0 Å². The molecule has 140 valence electrons. The lowest BCUT2D eigenvalue weighted by molar-refractivity contribution is -0.133. The largest absolute Gasteiger partial charge is 0.477 e. The summed E-state index contributed by atoms with van der Waals surface area (Å²) >= 11 is 0. The van der Waals surface area contributed by atoms with Gasteiger partial charge in [-0.3, -0.25) is 4.79 Å². The fraction of sp³-hybridized carbons (Fsp3) is 0.350. The summed E-state index contributed by atoms with van der Waals surface area (Å²) in [6.07, 6.45) is 7.08. The maximum absolute atomic E-state index is 12.8. The first-order valence-electron chi connectivity index (χ1n) is 9.09. The van der Waals surface area contributed by atoms with Crippen LogP contribution in [0.5, 0.6) is 11.8 Å². The Morgan fingerprint density at radius 1 is 1.26 bits per heavy atom. The van der Waals surface area contributed by atoms with Crippen molar-refractivity contribution in [2.75, 3.05) is 20.2 Å². The Morgan fingerprint density at radius 3 is 2.93 bits per heavy atom. The molecule has 3 heterocycles. The van der Waals surface area contributed by atoms with Crippen molar-refractivity contribution in [1.29, 1.82) is 0 Å². The van der Waals surface area contributed by atoms with E-state index in [0.29, 0.717) is 24.7 Å². The summed E-state index contributed by atoms with van der Waals surface area (Å²) in [5, 5.41) is 1.10. The molecule has 0 radical (unpaired) electrons. The topological polar surface area (TPSA) is 80.3 Å². The maximum atomic E-state index is 12.8. The van der Waals surface area contributed by atoms with Crippen LogP contribution in [0.15, 0.2) is 42.9 Å². The maximum Gasteiger partial charge on any atom is 0.278 e. The fourth-order valence-corrected chi connectivity index (χ4v) is 3.50. The van der Waals surface area contributed by atoms with Crippen LogP contribution in [0.25, 0.3) is 10.9 Å². The molecule has 0 spiro atoms. The number of nitrogens with one attached hydrogen (secondary N) is 1. The van der Waals surface area contributed by atoms with Crippen molar-refractivity contribution in [2.45, 2.75) is 25.4 Å². The summed E-state index contributed by atoms with van der Waals surface area (Å²) in [5.74, 6) is 0.842. The van der Waals surface area contributed by atoms with E-state index in [4.69, 9.17) is 9.47 Å². The molecule has 0 aliphatic carbocycles. The zero-order valence-electron chi connectivity index (χ0n) is 15.2. The number of hydrogen-bond acceptors (Lipinski definition) is 5. The van der Waals surface area contributed by atoms with Crippen LogP contribution in [0.1, 0.15) is 18.4 Å². The second-order valence-corrected chi connectivity index (χ2v) is 6.63. The van der Waals surface area contributed by atoms with Gasteiger partial charge >= 0.3 is 0 Å². The van der Waals surface area contributed by atoms with Crippen LogP contribution in [-0.2, 0) is 11.2 Å². The number of methoxy groups -OCH3 is 1. The number of carbonyl (C=O) groups is 1. The van der Waals surface area contributed by atoms with Gasteiger partial charge in [0, 0.05) is 36.0 Å². The summed E-state index contributed by atoms with van der Waals surface area (Å²) < 4.78 is 11.2. The molecule has 1 N–H and O–H groups in total. The number of hydrogen-bond donors (Lipinski definition) is 1. The van der Waals surface area contributed by atoms with Gasteiger partial charge in [-0.2, -0.15) is 0 Å². The Bertz CT molecular complexity index is 940. The number of carbonyl (C=O) groups excluding carboxylic acids is 1. The molecule has 1 aliphatic rings. The van der Waals surface area contributed by atoms with Gasteiger partial charge in [0.2, 0.25) is 5.91 Å². The lowest BCUT2D eigenvalue weighted by Crippen LogP contribution is -2.45. The molecule has 4 rings (SSSR count). The first-order chi connectivity index (χ1) is 13.2. The lowest BCUT2D eigenvalue weighted by atomic mass is 10.1. The zero-order chi connectivity index (χ0) is 18.6. The zero-order valence-corrected chi connectivity index (χ0v) is 15.2. The number of aromatic nitrogens is 3. The molecule has 1 saturated heterocycles. The van der Waals surface area contributed by atoms with Crippen molar-refractivity contribution in [1.82, 2.24) is 19.9 Å². The fourth-order valence-electron chi connectivity index (χ4n) is 3.50. The number of amides is 1. The number of rotatable bonds is 5. The predicted octanol–water partition coefficient (Wildman–Crippen LogP) is 2.58. The van der Waals surface area contributed by atoms with E-state index in [2.05, 4.69) is 15.0 Å². The second kappa shape index (κ2) is 7.65. The SMILES string of the molecule is COc1nccnc1OC1CCCN(C(=O)Cc2c[nH]c3ccccc23)C1. The van der Waals surface area contributed by atoms with Crippen LogP contribution >= 0.6 is 0 Å². The number of likely N-dealkylation sites (tertiary alicyclic amines) is 1. The van der Waals surface area contributed by atoms with Gasteiger partial charge in [-0.15, -0.1) is 0 Å². The van der Waals surface area contributed by atoms with E-state index in [1.165, 1.54) is 7.11 Å². The molecular formula is C20H22N4O3. The highest BCUT2D eigenvalue weighted by molar-refractivity contribution is 5.88. The first kappa shape index (κ1) is 17.3. The number of benzene rings is 1. The highest BCUT2D eigenvalue weighted by atomic mass is 16.5. The van der Waals surface area contributed by atoms with Gasteiger partial charge in [-0.1, -0.05) is 18.2 Å². The van der Waals surface area contributed by atoms with Crippen LogP contribution in [0.2, 0.25) is 0 Å². The van der Waals surface area contributed by atoms with Crippen molar-refractivity contribution in [3.63, 3.8) is 0 Å². The number of H-pyrrole nitrogens is 1. The molecule has 1 atom stereocenters. The minimum Gasteiger partial charge on any atom is -0.477 e. The van der Waals surface area contributed by atoms with Gasteiger partial charge in [0.1, 0.15) is 6.10 Å². The number of fused-ring (bicyclic) bond motifs is 1. The molecule has 27 heavy (non-hydrogen) atoms. The summed E-state index contributed by atoms with van der Waals surface area (Å²) in [7, 11) is 1.54. The van der Waals surface area contributed by atoms with Crippen LogP contribution < -0.4 is 9.47 Å². The molecule has 1 aromatic carbocycles. The first-order valence-corrected chi connectivity index (χ1v) is 9.09. The molecule has 1 fully saturated rings. The Labute approximate surface area is 157 Å². The predicted molar refractivity (Wildman–Crippen MR) is 101 cm³/mol. The van der Waals surface area contributed by atoms with Gasteiger partial charge < -0.3 is 19.4 Å². The Morgan fingerprint density at radius 2 is 2.07 bits per heavy atom. The molecule has 7 nitrogen and oxygen atoms in total. The van der Waals surface area contributed by atoms with Gasteiger partial charge in [0.05, 0.1) is 20.1 Å². The monoisotopic (exact) mass is 366 g/mol. The molecule has 1 unspecified atom stereocenters. The van der Waals surface area contributed by atoms with E-state index in [1.54, 1.807) is 12.4 Å². The van der Waals surface area contributed by atoms with Gasteiger partial charge in [0.15, 0.2) is 0 Å². The smallest absolute Gasteiger partial charge is 0.278 e. The Kier molecular flexibility index (Phi) is 4.91. The highest BCUT2D eigenvalue weighted by Gasteiger charge is 2.26. The Balaban J connectivity index is 1.42. The quantitative estimate of drug-likeness (QED) is 0.751. The van der Waals surface area contributed by atoms with Crippen molar-refractivity contribution in [3.05, 3.63) is 48.4 Å². The molecule has 7 heteroatoms. The summed E-state index contributed by atoms with van der Waals surface area (Å²) in [6.45, 7) is 1.29. The number of ether oxygens (including phenoxy) is 2. The normalized spacial score (nSPS) is 17.1. The van der Waals surface area contributed by atoms with Gasteiger partial charge in [-0.25, -0.2) is 9.97 Å². The third kappa shape index (κ3) is 3.72. The number of para-hydroxylation sites is 1. The third-order valence-electron chi connectivity index (χ3n) is 4.85. The van der Waals surface area contributed by atoms with Crippen LogP contribution in [0.4, 0.5) is 0 Å². The second-order valence-electron chi connectivity index (χ2n) is 6.63. The average molecular weight is 366 g/mol. The van der Waals surface area contributed by atoms with E-state index in [9.17, 15) is 4.79 Å². The minimum absolute atomic E-state index is 0.110. The third-order valence-corrected chi connectivity index (χ3v) is 4.85. The summed E-state index contributed by atoms with van der Waals surface area (Å²) in [6, 6.07) is 8.03. The van der Waals surface area contributed by atoms with Crippen LogP contribution in [-0.4, -0.2) is 52.1 Å². The summed E-state index contributed by atoms with van der Waals surface area (Å²) in [5.41, 5.74) is 2.07. The number of nitrogens with zero attached hydrogens (tertiary/aromatic N) is 3. The molecule has 0 saturated carbocycles. The minimum atomic E-state index is -0.115. The summed E-state index contributed by atoms with van der Waals surface area (Å²) in [4.78, 5) is 26.2. The molecule has 0 bridgehead atoms. The average Bonchev–Trinajstić information content (AvgIpc) is 3.11. The van der Waals surface area contributed by atoms with E-state index >= 15 is 0 Å². The van der Waals surface area contributed by atoms with Crippen molar-refractivity contribution >= 4 is 16.8 Å². The number of aromatic amines is 1. The molecule has 3 aromatic rings. The van der Waals surface area contributed by atoms with E-state index < -0.39 is 0 Å². The van der Waals surface area contributed by atoms with Crippen LogP contribution in [0.3, 0.4) is 0 Å². The van der Waals surface area contributed by atoms with E-state index in [0.717, 1.165) is 35.9 Å².